The molecule has 2 amide bonds. The Balaban J connectivity index is 1.52. The lowest BCUT2D eigenvalue weighted by Gasteiger charge is -2.54. The van der Waals surface area contributed by atoms with Crippen molar-refractivity contribution in [1.29, 1.82) is 0 Å². The maximum absolute atomic E-state index is 12.8. The third-order valence-electron chi connectivity index (χ3n) is 5.86. The summed E-state index contributed by atoms with van der Waals surface area (Å²) in [6.45, 7) is 1.60. The number of hydrogen-bond acceptors (Lipinski definition) is 2. The van der Waals surface area contributed by atoms with E-state index in [9.17, 15) is 9.59 Å². The first-order chi connectivity index (χ1) is 9.20. The number of piperazine rings is 1. The first kappa shape index (κ1) is 11.7. The molecule has 4 saturated carbocycles. The second-order valence-electron chi connectivity index (χ2n) is 7.07. The van der Waals surface area contributed by atoms with Gasteiger partial charge in [0.15, 0.2) is 0 Å². The van der Waals surface area contributed by atoms with Crippen LogP contribution in [0.25, 0.3) is 0 Å². The van der Waals surface area contributed by atoms with Gasteiger partial charge in [-0.25, -0.2) is 0 Å². The van der Waals surface area contributed by atoms with Gasteiger partial charge >= 0.3 is 0 Å². The minimum Gasteiger partial charge on any atom is -0.353 e. The van der Waals surface area contributed by atoms with Crippen molar-refractivity contribution in [2.75, 3.05) is 19.6 Å². The molecule has 4 heteroatoms. The lowest BCUT2D eigenvalue weighted by atomic mass is 9.51. The third kappa shape index (κ3) is 1.87. The quantitative estimate of drug-likeness (QED) is 0.767. The average molecular weight is 262 g/mol. The van der Waals surface area contributed by atoms with E-state index in [2.05, 4.69) is 5.32 Å². The van der Waals surface area contributed by atoms with E-state index in [-0.39, 0.29) is 24.3 Å². The maximum Gasteiger partial charge on any atom is 0.239 e. The van der Waals surface area contributed by atoms with E-state index >= 15 is 0 Å². The second-order valence-corrected chi connectivity index (χ2v) is 7.07. The van der Waals surface area contributed by atoms with Gasteiger partial charge in [0.1, 0.15) is 0 Å². The van der Waals surface area contributed by atoms with Crippen LogP contribution in [-0.2, 0) is 9.59 Å². The Morgan fingerprint density at radius 2 is 1.68 bits per heavy atom. The fraction of sp³-hybridized carbons (Fsp3) is 0.867. The zero-order valence-corrected chi connectivity index (χ0v) is 11.3. The highest BCUT2D eigenvalue weighted by molar-refractivity contribution is 5.87. The zero-order chi connectivity index (χ0) is 13.0. The number of rotatable bonds is 1. The van der Waals surface area contributed by atoms with E-state index < -0.39 is 0 Å². The summed E-state index contributed by atoms with van der Waals surface area (Å²) in [5.41, 5.74) is 0. The van der Waals surface area contributed by atoms with Crippen LogP contribution in [0.2, 0.25) is 0 Å². The van der Waals surface area contributed by atoms with Crippen LogP contribution in [0.1, 0.15) is 32.1 Å². The van der Waals surface area contributed by atoms with Crippen molar-refractivity contribution in [2.24, 2.45) is 29.6 Å². The fourth-order valence-electron chi connectivity index (χ4n) is 5.37. The molecule has 1 saturated heterocycles. The predicted molar refractivity (Wildman–Crippen MR) is 70.1 cm³/mol. The van der Waals surface area contributed by atoms with Crippen molar-refractivity contribution in [3.05, 3.63) is 0 Å². The number of carbonyl (C=O) groups excluding carboxylic acids is 2. The summed E-state index contributed by atoms with van der Waals surface area (Å²) in [6.07, 6.45) is 6.49. The number of nitrogens with one attached hydrogen (secondary N) is 1. The van der Waals surface area contributed by atoms with Crippen LogP contribution in [0.3, 0.4) is 0 Å². The first-order valence-electron chi connectivity index (χ1n) is 7.76. The molecule has 0 radical (unpaired) electrons. The van der Waals surface area contributed by atoms with Crippen LogP contribution in [0.4, 0.5) is 0 Å². The molecule has 5 rings (SSSR count). The Bertz CT molecular complexity index is 392. The summed E-state index contributed by atoms with van der Waals surface area (Å²) < 4.78 is 0. The molecule has 104 valence electrons. The van der Waals surface area contributed by atoms with E-state index in [4.69, 9.17) is 0 Å². The van der Waals surface area contributed by atoms with Crippen LogP contribution in [0.15, 0.2) is 0 Å². The summed E-state index contributed by atoms with van der Waals surface area (Å²) in [6, 6.07) is 0. The highest BCUT2D eigenvalue weighted by Gasteiger charge is 2.51. The Morgan fingerprint density at radius 3 is 2.26 bits per heavy atom. The molecule has 0 aromatic carbocycles. The Morgan fingerprint density at radius 1 is 1.05 bits per heavy atom. The Kier molecular flexibility index (Phi) is 2.61. The molecule has 0 aromatic heterocycles. The van der Waals surface area contributed by atoms with Gasteiger partial charge in [-0.15, -0.1) is 0 Å². The molecule has 1 N–H and O–H groups in total. The smallest absolute Gasteiger partial charge is 0.239 e. The minimum atomic E-state index is 0.00316. The molecular weight excluding hydrogens is 240 g/mol. The van der Waals surface area contributed by atoms with Gasteiger partial charge in [-0.2, -0.15) is 0 Å². The normalized spacial score (nSPS) is 44.3. The van der Waals surface area contributed by atoms with Crippen molar-refractivity contribution in [3.63, 3.8) is 0 Å². The van der Waals surface area contributed by atoms with Gasteiger partial charge in [-0.3, -0.25) is 9.59 Å². The molecule has 4 nitrogen and oxygen atoms in total. The average Bonchev–Trinajstić information content (AvgIpc) is 2.37. The molecule has 5 fully saturated rings. The summed E-state index contributed by atoms with van der Waals surface area (Å²) in [7, 11) is 0. The SMILES string of the molecule is O=C1CN(C(=O)C2C3CC4CC(C3)CC2C4)CCN1. The monoisotopic (exact) mass is 262 g/mol. The lowest BCUT2D eigenvalue weighted by molar-refractivity contribution is -0.152. The van der Waals surface area contributed by atoms with Gasteiger partial charge in [-0.05, 0) is 55.8 Å². The molecule has 1 aliphatic heterocycles. The molecule has 1 heterocycles. The zero-order valence-electron chi connectivity index (χ0n) is 11.3. The summed E-state index contributed by atoms with van der Waals surface area (Å²) in [5, 5.41) is 2.80. The predicted octanol–water partition coefficient (Wildman–Crippen LogP) is 1.02. The lowest BCUT2D eigenvalue weighted by Crippen LogP contribution is -2.56. The topological polar surface area (TPSA) is 49.4 Å². The van der Waals surface area contributed by atoms with Gasteiger partial charge in [0.2, 0.25) is 11.8 Å². The summed E-state index contributed by atoms with van der Waals surface area (Å²) in [5.74, 6) is 3.56. The van der Waals surface area contributed by atoms with Crippen molar-refractivity contribution >= 4 is 11.8 Å². The highest BCUT2D eigenvalue weighted by Crippen LogP contribution is 2.56. The van der Waals surface area contributed by atoms with Gasteiger partial charge in [0.25, 0.3) is 0 Å². The maximum atomic E-state index is 12.8. The largest absolute Gasteiger partial charge is 0.353 e. The minimum absolute atomic E-state index is 0.00316. The first-order valence-corrected chi connectivity index (χ1v) is 7.76. The number of hydrogen-bond donors (Lipinski definition) is 1. The second kappa shape index (κ2) is 4.22. The molecular formula is C15H22N2O2. The van der Waals surface area contributed by atoms with Crippen LogP contribution in [0.5, 0.6) is 0 Å². The molecule has 0 aromatic rings. The van der Waals surface area contributed by atoms with Gasteiger partial charge < -0.3 is 10.2 Å². The molecule has 0 spiro atoms. The Hall–Kier alpha value is -1.06. The van der Waals surface area contributed by atoms with Crippen molar-refractivity contribution in [3.8, 4) is 0 Å². The molecule has 19 heavy (non-hydrogen) atoms. The standard InChI is InChI=1S/C15H22N2O2/c18-13-8-17(2-1-16-13)15(19)14-11-4-9-3-10(6-11)7-12(14)5-9/h9-12,14H,1-8H2,(H,16,18). The van der Waals surface area contributed by atoms with Crippen molar-refractivity contribution in [1.82, 2.24) is 10.2 Å². The summed E-state index contributed by atoms with van der Waals surface area (Å²) >= 11 is 0. The molecule has 0 atom stereocenters. The van der Waals surface area contributed by atoms with Gasteiger partial charge in [-0.1, -0.05) is 0 Å². The van der Waals surface area contributed by atoms with E-state index in [0.717, 1.165) is 11.8 Å². The highest BCUT2D eigenvalue weighted by atomic mass is 16.2. The molecule has 4 aliphatic carbocycles. The number of nitrogens with zero attached hydrogens (tertiary/aromatic N) is 1. The number of amides is 2. The fourth-order valence-corrected chi connectivity index (χ4v) is 5.37. The van der Waals surface area contributed by atoms with Crippen LogP contribution in [-0.4, -0.2) is 36.3 Å². The van der Waals surface area contributed by atoms with Crippen molar-refractivity contribution in [2.45, 2.75) is 32.1 Å². The van der Waals surface area contributed by atoms with Gasteiger partial charge in [0.05, 0.1) is 6.54 Å². The van der Waals surface area contributed by atoms with E-state index in [1.165, 1.54) is 32.1 Å². The third-order valence-corrected chi connectivity index (χ3v) is 5.86. The van der Waals surface area contributed by atoms with Crippen molar-refractivity contribution < 1.29 is 9.59 Å². The molecule has 0 unspecified atom stereocenters. The van der Waals surface area contributed by atoms with Crippen LogP contribution < -0.4 is 5.32 Å². The Labute approximate surface area is 113 Å². The van der Waals surface area contributed by atoms with Crippen LogP contribution >= 0.6 is 0 Å². The van der Waals surface area contributed by atoms with Gasteiger partial charge in [0, 0.05) is 19.0 Å². The van der Waals surface area contributed by atoms with E-state index in [1.807, 2.05) is 4.90 Å². The van der Waals surface area contributed by atoms with E-state index in [0.29, 0.717) is 24.9 Å². The van der Waals surface area contributed by atoms with Crippen LogP contribution in [0, 0.1) is 29.6 Å². The van der Waals surface area contributed by atoms with E-state index in [1.54, 1.807) is 0 Å². The summed E-state index contributed by atoms with van der Waals surface area (Å²) in [4.78, 5) is 26.1. The molecule has 5 aliphatic rings. The molecule has 4 bridgehead atoms. The number of carbonyl (C=O) groups is 2.